The first kappa shape index (κ1) is 12.5. The van der Waals surface area contributed by atoms with Gasteiger partial charge in [-0.2, -0.15) is 0 Å². The molecule has 1 aliphatic rings. The van der Waals surface area contributed by atoms with Gasteiger partial charge >= 0.3 is 0 Å². The van der Waals surface area contributed by atoms with Crippen molar-refractivity contribution in [1.29, 1.82) is 0 Å². The van der Waals surface area contributed by atoms with E-state index in [2.05, 4.69) is 6.92 Å². The average molecular weight is 216 g/mol. The second-order valence-electron chi connectivity index (χ2n) is 3.64. The smallest absolute Gasteiger partial charge is 0.258 e. The number of hydrogen-bond donors (Lipinski definition) is 1. The Morgan fingerprint density at radius 2 is 1.87 bits per heavy atom. The highest BCUT2D eigenvalue weighted by atomic mass is 16.7. The van der Waals surface area contributed by atoms with E-state index in [9.17, 15) is 5.11 Å². The lowest BCUT2D eigenvalue weighted by atomic mass is 9.82. The third kappa shape index (κ3) is 1.77. The second kappa shape index (κ2) is 4.96. The average Bonchev–Trinajstić information content (AvgIpc) is 2.27. The topological polar surface area (TPSA) is 47.9 Å². The summed E-state index contributed by atoms with van der Waals surface area (Å²) in [6.45, 7) is 2.11. The number of ether oxygens (including phenoxy) is 3. The Bertz CT molecular complexity index is 243. The molecule has 15 heavy (non-hydrogen) atoms. The monoisotopic (exact) mass is 216 g/mol. The molecule has 1 unspecified atom stereocenters. The fourth-order valence-corrected chi connectivity index (χ4v) is 2.01. The molecule has 0 spiro atoms. The minimum atomic E-state index is -1.09. The highest BCUT2D eigenvalue weighted by Crippen LogP contribution is 2.44. The van der Waals surface area contributed by atoms with Gasteiger partial charge in [-0.1, -0.05) is 13.3 Å². The van der Waals surface area contributed by atoms with Crippen LogP contribution >= 0.6 is 0 Å². The van der Waals surface area contributed by atoms with Gasteiger partial charge in [-0.15, -0.1) is 0 Å². The van der Waals surface area contributed by atoms with Gasteiger partial charge in [0, 0.05) is 19.8 Å². The van der Waals surface area contributed by atoms with Crippen molar-refractivity contribution in [1.82, 2.24) is 0 Å². The van der Waals surface area contributed by atoms with E-state index < -0.39 is 11.9 Å². The summed E-state index contributed by atoms with van der Waals surface area (Å²) in [5.41, 5.74) is 0.892. The van der Waals surface area contributed by atoms with Gasteiger partial charge in [-0.25, -0.2) is 0 Å². The molecule has 4 nitrogen and oxygen atoms in total. The van der Waals surface area contributed by atoms with Crippen molar-refractivity contribution >= 4 is 0 Å². The van der Waals surface area contributed by atoms with Crippen LogP contribution in [-0.4, -0.2) is 38.3 Å². The summed E-state index contributed by atoms with van der Waals surface area (Å²) in [4.78, 5) is 0. The molecule has 0 heterocycles. The van der Waals surface area contributed by atoms with Crippen LogP contribution in [0.1, 0.15) is 26.2 Å². The first-order valence-corrected chi connectivity index (χ1v) is 5.23. The van der Waals surface area contributed by atoms with Gasteiger partial charge in [0.2, 0.25) is 0 Å². The Morgan fingerprint density at radius 1 is 1.27 bits per heavy atom. The Labute approximate surface area is 90.8 Å². The van der Waals surface area contributed by atoms with Crippen LogP contribution in [-0.2, 0) is 14.2 Å². The van der Waals surface area contributed by atoms with Gasteiger partial charge in [0.25, 0.3) is 5.79 Å². The van der Waals surface area contributed by atoms with E-state index in [1.54, 1.807) is 7.11 Å². The standard InChI is InChI=1S/C11H20O4/c1-5-6-7-8-9(12)11(14-3,15-4)10(8)13-2/h9,12H,5-7H2,1-4H3. The fraction of sp³-hybridized carbons (Fsp3) is 0.818. The summed E-state index contributed by atoms with van der Waals surface area (Å²) in [7, 11) is 4.57. The molecule has 4 heteroatoms. The molecule has 88 valence electrons. The zero-order valence-electron chi connectivity index (χ0n) is 9.87. The minimum Gasteiger partial charge on any atom is -0.495 e. The molecule has 0 amide bonds. The molecule has 1 atom stereocenters. The highest BCUT2D eigenvalue weighted by molar-refractivity contribution is 5.36. The Balaban J connectivity index is 2.85. The van der Waals surface area contributed by atoms with Crippen LogP contribution in [0.25, 0.3) is 0 Å². The molecule has 0 saturated heterocycles. The molecular weight excluding hydrogens is 196 g/mol. The summed E-state index contributed by atoms with van der Waals surface area (Å²) in [5, 5.41) is 9.96. The van der Waals surface area contributed by atoms with Crippen LogP contribution in [0.5, 0.6) is 0 Å². The molecule has 0 saturated carbocycles. The van der Waals surface area contributed by atoms with Crippen molar-refractivity contribution in [2.75, 3.05) is 21.3 Å². The highest BCUT2D eigenvalue weighted by Gasteiger charge is 2.56. The van der Waals surface area contributed by atoms with Crippen LogP contribution in [0.2, 0.25) is 0 Å². The third-order valence-corrected chi connectivity index (χ3v) is 2.91. The quantitative estimate of drug-likeness (QED) is 0.682. The lowest BCUT2D eigenvalue weighted by Crippen LogP contribution is -2.57. The Hall–Kier alpha value is -0.580. The molecule has 0 aromatic rings. The van der Waals surface area contributed by atoms with Crippen molar-refractivity contribution < 1.29 is 19.3 Å². The molecular formula is C11H20O4. The second-order valence-corrected chi connectivity index (χ2v) is 3.64. The fourth-order valence-electron chi connectivity index (χ4n) is 2.01. The van der Waals surface area contributed by atoms with E-state index in [0.717, 1.165) is 24.8 Å². The van der Waals surface area contributed by atoms with E-state index in [-0.39, 0.29) is 0 Å². The van der Waals surface area contributed by atoms with Crippen molar-refractivity contribution in [3.63, 3.8) is 0 Å². The number of aliphatic hydroxyl groups is 1. The van der Waals surface area contributed by atoms with Crippen molar-refractivity contribution in [2.24, 2.45) is 0 Å². The molecule has 1 aliphatic carbocycles. The summed E-state index contributed by atoms with van der Waals surface area (Å²) < 4.78 is 15.6. The number of hydrogen-bond acceptors (Lipinski definition) is 4. The lowest BCUT2D eigenvalue weighted by Gasteiger charge is -2.46. The zero-order chi connectivity index (χ0) is 11.5. The van der Waals surface area contributed by atoms with Crippen molar-refractivity contribution in [3.05, 3.63) is 11.3 Å². The number of aliphatic hydroxyl groups excluding tert-OH is 1. The normalized spacial score (nSPS) is 23.9. The van der Waals surface area contributed by atoms with E-state index in [1.807, 2.05) is 0 Å². The third-order valence-electron chi connectivity index (χ3n) is 2.91. The molecule has 0 fully saturated rings. The number of rotatable bonds is 6. The summed E-state index contributed by atoms with van der Waals surface area (Å²) in [6.07, 6.45) is 2.23. The predicted molar refractivity (Wildman–Crippen MR) is 56.3 cm³/mol. The van der Waals surface area contributed by atoms with Gasteiger partial charge in [-0.05, 0) is 12.8 Å². The summed E-state index contributed by atoms with van der Waals surface area (Å²) in [6, 6.07) is 0. The van der Waals surface area contributed by atoms with E-state index in [1.165, 1.54) is 14.2 Å². The lowest BCUT2D eigenvalue weighted by molar-refractivity contribution is -0.265. The van der Waals surface area contributed by atoms with Gasteiger partial charge in [0.05, 0.1) is 7.11 Å². The molecule has 0 bridgehead atoms. The van der Waals surface area contributed by atoms with Gasteiger partial charge in [0.15, 0.2) is 5.76 Å². The van der Waals surface area contributed by atoms with E-state index in [4.69, 9.17) is 14.2 Å². The van der Waals surface area contributed by atoms with Crippen LogP contribution in [0.3, 0.4) is 0 Å². The number of methoxy groups -OCH3 is 3. The van der Waals surface area contributed by atoms with Crippen LogP contribution < -0.4 is 0 Å². The first-order chi connectivity index (χ1) is 7.17. The maximum Gasteiger partial charge on any atom is 0.258 e. The van der Waals surface area contributed by atoms with Crippen LogP contribution in [0.4, 0.5) is 0 Å². The molecule has 1 N–H and O–H groups in total. The zero-order valence-corrected chi connectivity index (χ0v) is 9.87. The van der Waals surface area contributed by atoms with Crippen LogP contribution in [0.15, 0.2) is 11.3 Å². The SMILES string of the molecule is CCCCC1=C(OC)C(OC)(OC)C1O. The molecule has 0 radical (unpaired) electrons. The van der Waals surface area contributed by atoms with E-state index >= 15 is 0 Å². The Kier molecular flexibility index (Phi) is 4.13. The van der Waals surface area contributed by atoms with Gasteiger partial charge in [-0.3, -0.25) is 0 Å². The Morgan fingerprint density at radius 3 is 2.27 bits per heavy atom. The first-order valence-electron chi connectivity index (χ1n) is 5.23. The van der Waals surface area contributed by atoms with Gasteiger partial charge < -0.3 is 19.3 Å². The predicted octanol–water partition coefficient (Wildman–Crippen LogP) is 1.44. The molecule has 1 rings (SSSR count). The maximum atomic E-state index is 9.96. The molecule has 0 aromatic heterocycles. The molecule has 0 aromatic carbocycles. The van der Waals surface area contributed by atoms with Crippen molar-refractivity contribution in [3.8, 4) is 0 Å². The minimum absolute atomic E-state index is 0.619. The maximum absolute atomic E-state index is 9.96. The number of unbranched alkanes of at least 4 members (excludes halogenated alkanes) is 1. The van der Waals surface area contributed by atoms with Crippen LogP contribution in [0, 0.1) is 0 Å². The molecule has 0 aliphatic heterocycles. The van der Waals surface area contributed by atoms with Crippen molar-refractivity contribution in [2.45, 2.75) is 38.1 Å². The van der Waals surface area contributed by atoms with Gasteiger partial charge in [0.1, 0.15) is 6.10 Å². The van der Waals surface area contributed by atoms with E-state index in [0.29, 0.717) is 5.76 Å². The summed E-state index contributed by atoms with van der Waals surface area (Å²) in [5.74, 6) is -0.467. The summed E-state index contributed by atoms with van der Waals surface area (Å²) >= 11 is 0. The largest absolute Gasteiger partial charge is 0.495 e.